The number of nitrogens with one attached hydrogen (secondary N) is 2. The molecule has 0 aromatic heterocycles. The summed E-state index contributed by atoms with van der Waals surface area (Å²) in [6.07, 6.45) is 2.46. The number of carbonyl (C=O) groups is 1. The zero-order valence-electron chi connectivity index (χ0n) is 12.7. The molecule has 2 rings (SSSR count). The van der Waals surface area contributed by atoms with Crippen LogP contribution in [0.4, 0.5) is 11.4 Å². The Morgan fingerprint density at radius 1 is 1.35 bits per heavy atom. The van der Waals surface area contributed by atoms with Gasteiger partial charge in [-0.15, -0.1) is 0 Å². The van der Waals surface area contributed by atoms with Crippen LogP contribution in [0.15, 0.2) is 18.2 Å². The lowest BCUT2D eigenvalue weighted by Crippen LogP contribution is -2.37. The summed E-state index contributed by atoms with van der Waals surface area (Å²) >= 11 is 0. The maximum atomic E-state index is 11.1. The van der Waals surface area contributed by atoms with E-state index in [4.69, 9.17) is 4.74 Å². The maximum absolute atomic E-state index is 11.1. The molecule has 0 atom stereocenters. The Bertz CT molecular complexity index is 479. The molecule has 4 heteroatoms. The zero-order valence-corrected chi connectivity index (χ0v) is 12.7. The predicted molar refractivity (Wildman–Crippen MR) is 82.3 cm³/mol. The largest absolute Gasteiger partial charge is 0.494 e. The summed E-state index contributed by atoms with van der Waals surface area (Å²) in [6, 6.07) is 6.35. The van der Waals surface area contributed by atoms with Crippen LogP contribution < -0.4 is 15.4 Å². The lowest BCUT2D eigenvalue weighted by molar-refractivity contribution is -0.114. The minimum Gasteiger partial charge on any atom is -0.494 e. The molecule has 2 N–H and O–H groups in total. The molecule has 0 unspecified atom stereocenters. The van der Waals surface area contributed by atoms with Crippen LogP contribution in [0.2, 0.25) is 0 Å². The van der Waals surface area contributed by atoms with Gasteiger partial charge in [-0.1, -0.05) is 13.8 Å². The van der Waals surface area contributed by atoms with Crippen molar-refractivity contribution in [1.82, 2.24) is 0 Å². The number of amides is 1. The summed E-state index contributed by atoms with van der Waals surface area (Å²) in [6.45, 7) is 6.06. The Kier molecular flexibility index (Phi) is 4.53. The first-order valence-electron chi connectivity index (χ1n) is 7.21. The molecule has 1 aromatic rings. The summed E-state index contributed by atoms with van der Waals surface area (Å²) in [5.41, 5.74) is 1.75. The molecule has 0 heterocycles. The van der Waals surface area contributed by atoms with Crippen LogP contribution in [0.1, 0.15) is 33.6 Å². The van der Waals surface area contributed by atoms with Gasteiger partial charge in [0, 0.05) is 24.7 Å². The number of rotatable bonds is 5. The normalized spacial score (nSPS) is 21.2. The topological polar surface area (TPSA) is 50.4 Å². The number of hydrogen-bond donors (Lipinski definition) is 2. The van der Waals surface area contributed by atoms with Gasteiger partial charge in [-0.25, -0.2) is 0 Å². The van der Waals surface area contributed by atoms with Crippen molar-refractivity contribution in [1.29, 1.82) is 0 Å². The molecule has 20 heavy (non-hydrogen) atoms. The van der Waals surface area contributed by atoms with Gasteiger partial charge < -0.3 is 15.4 Å². The second-order valence-corrected chi connectivity index (χ2v) is 5.91. The Balaban J connectivity index is 1.98. The highest BCUT2D eigenvalue weighted by Crippen LogP contribution is 2.36. The molecule has 0 bridgehead atoms. The average Bonchev–Trinajstić information content (AvgIpc) is 2.33. The van der Waals surface area contributed by atoms with Gasteiger partial charge in [-0.3, -0.25) is 4.79 Å². The lowest BCUT2D eigenvalue weighted by atomic mass is 9.73. The SMILES string of the molecule is COc1cc(NC2CC(C(C)C)C2)ccc1NC(C)=O. The van der Waals surface area contributed by atoms with Gasteiger partial charge in [0.2, 0.25) is 5.91 Å². The molecule has 0 spiro atoms. The highest BCUT2D eigenvalue weighted by Gasteiger charge is 2.30. The van der Waals surface area contributed by atoms with Gasteiger partial charge in [0.1, 0.15) is 5.75 Å². The Morgan fingerprint density at radius 2 is 2.05 bits per heavy atom. The van der Waals surface area contributed by atoms with E-state index in [1.54, 1.807) is 7.11 Å². The quantitative estimate of drug-likeness (QED) is 0.865. The third-order valence-corrected chi connectivity index (χ3v) is 4.00. The highest BCUT2D eigenvalue weighted by molar-refractivity contribution is 5.90. The summed E-state index contributed by atoms with van der Waals surface area (Å²) < 4.78 is 5.32. The van der Waals surface area contributed by atoms with Crippen molar-refractivity contribution < 1.29 is 9.53 Å². The molecule has 1 fully saturated rings. The van der Waals surface area contributed by atoms with Gasteiger partial charge in [0.05, 0.1) is 12.8 Å². The third-order valence-electron chi connectivity index (χ3n) is 4.00. The molecule has 0 radical (unpaired) electrons. The zero-order chi connectivity index (χ0) is 14.7. The second-order valence-electron chi connectivity index (χ2n) is 5.91. The molecule has 1 aliphatic carbocycles. The van der Waals surface area contributed by atoms with Crippen LogP contribution >= 0.6 is 0 Å². The van der Waals surface area contributed by atoms with Crippen molar-refractivity contribution in [2.24, 2.45) is 11.8 Å². The summed E-state index contributed by atoms with van der Waals surface area (Å²) in [4.78, 5) is 11.1. The number of methoxy groups -OCH3 is 1. The van der Waals surface area contributed by atoms with Crippen molar-refractivity contribution in [3.05, 3.63) is 18.2 Å². The molecular weight excluding hydrogens is 252 g/mol. The van der Waals surface area contributed by atoms with E-state index in [2.05, 4.69) is 24.5 Å². The number of benzene rings is 1. The van der Waals surface area contributed by atoms with Crippen LogP contribution in [-0.2, 0) is 4.79 Å². The molecule has 1 saturated carbocycles. The summed E-state index contributed by atoms with van der Waals surface area (Å²) in [5.74, 6) is 2.20. The van der Waals surface area contributed by atoms with E-state index in [0.717, 1.165) is 17.5 Å². The van der Waals surface area contributed by atoms with Gasteiger partial charge in [-0.05, 0) is 36.8 Å². The van der Waals surface area contributed by atoms with Crippen LogP contribution in [-0.4, -0.2) is 19.1 Å². The second kappa shape index (κ2) is 6.16. The fourth-order valence-corrected chi connectivity index (χ4v) is 2.63. The van der Waals surface area contributed by atoms with Gasteiger partial charge in [0.25, 0.3) is 0 Å². The summed E-state index contributed by atoms with van der Waals surface area (Å²) in [7, 11) is 1.61. The van der Waals surface area contributed by atoms with E-state index < -0.39 is 0 Å². The van der Waals surface area contributed by atoms with Gasteiger partial charge in [0.15, 0.2) is 0 Å². The minimum absolute atomic E-state index is 0.0947. The Hall–Kier alpha value is -1.71. The molecule has 1 aliphatic rings. The molecule has 0 saturated heterocycles. The monoisotopic (exact) mass is 276 g/mol. The van der Waals surface area contributed by atoms with E-state index in [1.165, 1.54) is 19.8 Å². The van der Waals surface area contributed by atoms with Crippen molar-refractivity contribution in [2.75, 3.05) is 17.7 Å². The first-order valence-corrected chi connectivity index (χ1v) is 7.21. The van der Waals surface area contributed by atoms with Gasteiger partial charge in [-0.2, -0.15) is 0 Å². The van der Waals surface area contributed by atoms with Crippen molar-refractivity contribution in [2.45, 2.75) is 39.7 Å². The predicted octanol–water partition coefficient (Wildman–Crippen LogP) is 3.50. The summed E-state index contributed by atoms with van der Waals surface area (Å²) in [5, 5.41) is 6.29. The van der Waals surface area contributed by atoms with E-state index >= 15 is 0 Å². The Labute approximate surface area is 120 Å². The van der Waals surface area contributed by atoms with Crippen LogP contribution in [0, 0.1) is 11.8 Å². The van der Waals surface area contributed by atoms with Crippen LogP contribution in [0.5, 0.6) is 5.75 Å². The first kappa shape index (κ1) is 14.7. The van der Waals surface area contributed by atoms with Crippen molar-refractivity contribution in [3.8, 4) is 5.75 Å². The average molecular weight is 276 g/mol. The van der Waals surface area contributed by atoms with E-state index in [0.29, 0.717) is 17.5 Å². The molecular formula is C16H24N2O2. The molecule has 1 amide bonds. The smallest absolute Gasteiger partial charge is 0.221 e. The maximum Gasteiger partial charge on any atom is 0.221 e. The van der Waals surface area contributed by atoms with Crippen LogP contribution in [0.25, 0.3) is 0 Å². The fraction of sp³-hybridized carbons (Fsp3) is 0.562. The number of hydrogen-bond acceptors (Lipinski definition) is 3. The highest BCUT2D eigenvalue weighted by atomic mass is 16.5. The Morgan fingerprint density at radius 3 is 2.60 bits per heavy atom. The lowest BCUT2D eigenvalue weighted by Gasteiger charge is -2.39. The van der Waals surface area contributed by atoms with Gasteiger partial charge >= 0.3 is 0 Å². The number of anilines is 2. The molecule has 0 aliphatic heterocycles. The number of ether oxygens (including phenoxy) is 1. The van der Waals surface area contributed by atoms with Crippen LogP contribution in [0.3, 0.4) is 0 Å². The van der Waals surface area contributed by atoms with Crippen molar-refractivity contribution in [3.63, 3.8) is 0 Å². The molecule has 1 aromatic carbocycles. The number of carbonyl (C=O) groups excluding carboxylic acids is 1. The standard InChI is InChI=1S/C16H24N2O2/c1-10(2)12-7-14(8-12)18-13-5-6-15(17-11(3)19)16(9-13)20-4/h5-6,9-10,12,14,18H,7-8H2,1-4H3,(H,17,19). The van der Waals surface area contributed by atoms with Crippen molar-refractivity contribution >= 4 is 17.3 Å². The fourth-order valence-electron chi connectivity index (χ4n) is 2.63. The molecule has 4 nitrogen and oxygen atoms in total. The van der Waals surface area contributed by atoms with E-state index in [9.17, 15) is 4.79 Å². The minimum atomic E-state index is -0.0947. The first-order chi connectivity index (χ1) is 9.49. The molecule has 110 valence electrons. The third kappa shape index (κ3) is 3.44. The van der Waals surface area contributed by atoms with E-state index in [1.807, 2.05) is 18.2 Å². The van der Waals surface area contributed by atoms with E-state index in [-0.39, 0.29) is 5.91 Å².